The van der Waals surface area contributed by atoms with Crippen LogP contribution in [-0.4, -0.2) is 113 Å². The first-order chi connectivity index (χ1) is 17.6. The van der Waals surface area contributed by atoms with Crippen LogP contribution in [0.3, 0.4) is 0 Å². The number of fused-ring (bicyclic) bond motifs is 3. The van der Waals surface area contributed by atoms with Gasteiger partial charge in [-0.05, 0) is 45.6 Å². The number of rotatable bonds is 8. The highest BCUT2D eigenvalue weighted by molar-refractivity contribution is 7.88. The van der Waals surface area contributed by atoms with E-state index >= 15 is 0 Å². The van der Waals surface area contributed by atoms with Crippen molar-refractivity contribution in [3.05, 3.63) is 30.0 Å². The monoisotopic (exact) mass is 532 g/mol. The molecule has 1 aromatic carbocycles. The van der Waals surface area contributed by atoms with Gasteiger partial charge in [0.2, 0.25) is 10.0 Å². The van der Waals surface area contributed by atoms with Gasteiger partial charge in [0.15, 0.2) is 5.69 Å². The topological polar surface area (TPSA) is 111 Å². The van der Waals surface area contributed by atoms with Crippen LogP contribution in [-0.2, 0) is 10.0 Å². The van der Waals surface area contributed by atoms with Gasteiger partial charge in [0.25, 0.3) is 5.91 Å². The first-order valence-electron chi connectivity index (χ1n) is 13.5. The van der Waals surface area contributed by atoms with Gasteiger partial charge in [-0.25, -0.2) is 8.42 Å². The van der Waals surface area contributed by atoms with Crippen molar-refractivity contribution in [3.8, 4) is 0 Å². The van der Waals surface area contributed by atoms with Crippen LogP contribution < -0.4 is 5.32 Å². The Morgan fingerprint density at radius 2 is 1.73 bits per heavy atom. The van der Waals surface area contributed by atoms with Gasteiger partial charge >= 0.3 is 0 Å². The average molecular weight is 533 g/mol. The van der Waals surface area contributed by atoms with E-state index < -0.39 is 16.1 Å². The summed E-state index contributed by atoms with van der Waals surface area (Å²) in [5.74, 6) is -0.110. The van der Waals surface area contributed by atoms with E-state index in [9.17, 15) is 18.3 Å². The minimum Gasteiger partial charge on any atom is -0.390 e. The number of nitrogens with one attached hydrogen (secondary N) is 1. The maximum Gasteiger partial charge on any atom is 0.272 e. The van der Waals surface area contributed by atoms with Crippen molar-refractivity contribution in [1.82, 2.24) is 29.2 Å². The van der Waals surface area contributed by atoms with E-state index in [-0.39, 0.29) is 18.0 Å². The van der Waals surface area contributed by atoms with Gasteiger partial charge in [-0.3, -0.25) is 19.3 Å². The summed E-state index contributed by atoms with van der Waals surface area (Å²) < 4.78 is 26.9. The molecule has 4 atom stereocenters. The van der Waals surface area contributed by atoms with Crippen molar-refractivity contribution in [1.29, 1.82) is 0 Å². The third-order valence-corrected chi connectivity index (χ3v) is 9.53. The fraction of sp³-hybridized carbons (Fsp3) is 0.692. The van der Waals surface area contributed by atoms with Gasteiger partial charge in [-0.15, -0.1) is 0 Å². The molecule has 11 heteroatoms. The number of nitrogens with zero attached hydrogens (tertiary/aromatic N) is 5. The average Bonchev–Trinajstić information content (AvgIpc) is 3.33. The molecule has 3 fully saturated rings. The molecular formula is C26H40N6O4S. The normalized spacial score (nSPS) is 26.7. The maximum atomic E-state index is 13.3. The van der Waals surface area contributed by atoms with Crippen LogP contribution in [0.5, 0.6) is 0 Å². The number of para-hydroxylation sites is 1. The number of hydrogen-bond donors (Lipinski definition) is 2. The molecule has 204 valence electrons. The fourth-order valence-electron chi connectivity index (χ4n) is 6.44. The number of hydrogen-bond acceptors (Lipinski definition) is 7. The fourth-order valence-corrected chi connectivity index (χ4v) is 7.26. The summed E-state index contributed by atoms with van der Waals surface area (Å²) in [6.07, 6.45) is 4.70. The number of carbonyl (C=O) groups excluding carboxylic acids is 1. The van der Waals surface area contributed by atoms with Crippen molar-refractivity contribution in [2.75, 3.05) is 45.5 Å². The van der Waals surface area contributed by atoms with Crippen molar-refractivity contribution >= 4 is 26.8 Å². The number of aliphatic hydroxyl groups excluding tert-OH is 1. The van der Waals surface area contributed by atoms with Crippen molar-refractivity contribution < 1.29 is 18.3 Å². The second-order valence-electron chi connectivity index (χ2n) is 11.2. The first kappa shape index (κ1) is 26.6. The Morgan fingerprint density at radius 3 is 2.35 bits per heavy atom. The molecule has 1 aromatic heterocycles. The molecule has 3 saturated heterocycles. The van der Waals surface area contributed by atoms with Gasteiger partial charge in [0.1, 0.15) is 0 Å². The third-order valence-electron chi connectivity index (χ3n) is 8.23. The molecular weight excluding hydrogens is 492 g/mol. The number of sulfonamides is 1. The quantitative estimate of drug-likeness (QED) is 0.527. The SMILES string of the molecule is CC(C)n1nc(C(=O)NC2C[C@H]3CC[C@@H](C2)N3CC(O)CN2CCN(S(C)(=O)=O)CC2)c2ccccc21. The lowest BCUT2D eigenvalue weighted by atomic mass is 9.96. The Morgan fingerprint density at radius 1 is 1.08 bits per heavy atom. The number of β-amino-alcohol motifs (C(OH)–C–C–N with tert-alkyl or cyclic N) is 1. The lowest BCUT2D eigenvalue weighted by Crippen LogP contribution is -2.54. The number of aromatic nitrogens is 2. The largest absolute Gasteiger partial charge is 0.390 e. The number of piperazine rings is 1. The highest BCUT2D eigenvalue weighted by Crippen LogP contribution is 2.36. The molecule has 0 saturated carbocycles. The van der Waals surface area contributed by atoms with Gasteiger partial charge in [-0.1, -0.05) is 18.2 Å². The van der Waals surface area contributed by atoms with Crippen molar-refractivity contribution in [2.24, 2.45) is 0 Å². The van der Waals surface area contributed by atoms with Crippen LogP contribution >= 0.6 is 0 Å². The zero-order valence-corrected chi connectivity index (χ0v) is 22.9. The van der Waals surface area contributed by atoms with Crippen LogP contribution in [0, 0.1) is 0 Å². The van der Waals surface area contributed by atoms with Crippen LogP contribution in [0.15, 0.2) is 24.3 Å². The van der Waals surface area contributed by atoms with E-state index in [4.69, 9.17) is 0 Å². The Labute approximate surface area is 219 Å². The zero-order valence-electron chi connectivity index (χ0n) is 22.1. The van der Waals surface area contributed by atoms with Crippen molar-refractivity contribution in [2.45, 2.75) is 69.8 Å². The lowest BCUT2D eigenvalue weighted by molar-refractivity contribution is 0.0276. The van der Waals surface area contributed by atoms with Crippen LogP contribution in [0.2, 0.25) is 0 Å². The molecule has 0 spiro atoms. The molecule has 2 aromatic rings. The molecule has 2 unspecified atom stereocenters. The highest BCUT2D eigenvalue weighted by Gasteiger charge is 2.42. The maximum absolute atomic E-state index is 13.3. The summed E-state index contributed by atoms with van der Waals surface area (Å²) in [6.45, 7) is 7.56. The molecule has 5 rings (SSSR count). The molecule has 37 heavy (non-hydrogen) atoms. The van der Waals surface area contributed by atoms with E-state index in [0.29, 0.717) is 57.0 Å². The second kappa shape index (κ2) is 10.6. The number of amides is 1. The predicted octanol–water partition coefficient (Wildman–Crippen LogP) is 1.28. The van der Waals surface area contributed by atoms with E-state index in [1.54, 1.807) is 0 Å². The van der Waals surface area contributed by atoms with E-state index in [1.165, 1.54) is 10.6 Å². The number of aliphatic hydroxyl groups is 1. The first-order valence-corrected chi connectivity index (χ1v) is 15.3. The summed E-state index contributed by atoms with van der Waals surface area (Å²) in [4.78, 5) is 17.9. The van der Waals surface area contributed by atoms with Gasteiger partial charge in [0.05, 0.1) is 17.9 Å². The van der Waals surface area contributed by atoms with Crippen LogP contribution in [0.4, 0.5) is 0 Å². The predicted molar refractivity (Wildman–Crippen MR) is 143 cm³/mol. The Balaban J connectivity index is 1.15. The molecule has 4 heterocycles. The van der Waals surface area contributed by atoms with Gasteiger partial charge < -0.3 is 10.4 Å². The zero-order chi connectivity index (χ0) is 26.3. The molecule has 10 nitrogen and oxygen atoms in total. The Kier molecular flexibility index (Phi) is 7.61. The standard InChI is InChI=1S/C26H40N6O4S/c1-18(2)32-24-7-5-4-6-23(24)25(28-32)26(34)27-19-14-20-8-9-21(15-19)31(20)17-22(33)16-29-10-12-30(13-11-29)37(3,35)36/h4-7,18-22,33H,8-17H2,1-3H3,(H,27,34)/t19?,20-,21+,22?. The summed E-state index contributed by atoms with van der Waals surface area (Å²) >= 11 is 0. The van der Waals surface area contributed by atoms with Crippen LogP contribution in [0.1, 0.15) is 56.1 Å². The van der Waals surface area contributed by atoms with Gasteiger partial charge in [0, 0.05) is 68.8 Å². The number of piperidine rings is 1. The van der Waals surface area contributed by atoms with Gasteiger partial charge in [-0.2, -0.15) is 9.40 Å². The summed E-state index contributed by atoms with van der Waals surface area (Å²) in [7, 11) is -3.15. The Hall–Kier alpha value is -2.05. The molecule has 2 N–H and O–H groups in total. The van der Waals surface area contributed by atoms with Crippen molar-refractivity contribution in [3.63, 3.8) is 0 Å². The second-order valence-corrected chi connectivity index (χ2v) is 13.2. The summed E-state index contributed by atoms with van der Waals surface area (Å²) in [6, 6.07) is 8.87. The minimum absolute atomic E-state index is 0.102. The molecule has 0 radical (unpaired) electrons. The number of carbonyl (C=O) groups is 1. The summed E-state index contributed by atoms with van der Waals surface area (Å²) in [5, 5.41) is 19.7. The molecule has 3 aliphatic heterocycles. The number of benzene rings is 1. The van der Waals surface area contributed by atoms with Crippen LogP contribution in [0.25, 0.3) is 10.9 Å². The molecule has 3 aliphatic rings. The smallest absolute Gasteiger partial charge is 0.272 e. The van der Waals surface area contributed by atoms with E-state index in [0.717, 1.165) is 36.6 Å². The molecule has 2 bridgehead atoms. The van der Waals surface area contributed by atoms with E-state index in [1.807, 2.05) is 28.9 Å². The minimum atomic E-state index is -3.15. The van der Waals surface area contributed by atoms with E-state index in [2.05, 4.69) is 34.1 Å². The lowest BCUT2D eigenvalue weighted by Gasteiger charge is -2.41. The summed E-state index contributed by atoms with van der Waals surface area (Å²) in [5.41, 5.74) is 1.47. The highest BCUT2D eigenvalue weighted by atomic mass is 32.2. The Bertz CT molecular complexity index is 1210. The molecule has 1 amide bonds. The molecule has 0 aliphatic carbocycles. The third kappa shape index (κ3) is 5.70.